The number of hydrogen-bond donors (Lipinski definition) is 0. The van der Waals surface area contributed by atoms with Crippen molar-refractivity contribution in [3.8, 4) is 0 Å². The van der Waals surface area contributed by atoms with Crippen LogP contribution in [0.3, 0.4) is 0 Å². The SMILES string of the molecule is CCCCCC(CCC)CC(CCCCC(CCC)C(CC(CCC)CCCCC)(C(C)C(C)C(C)CC)C(CC(CCC)CCCCC)([C](C)C)C(C)(C)C(CC(C)CC(C)CC)(CC(CCC)CCCCC)C(C)(C)C(C)CCC)(CC(C)CC(C)(C)C)C(C)C(CC)CCC. The third-order valence-electron chi connectivity index (χ3n) is 30.1. The molecule has 0 aromatic rings. The smallest absolute Gasteiger partial charge is 0.0120 e. The summed E-state index contributed by atoms with van der Waals surface area (Å²) >= 11 is 0. The molecule has 0 aliphatic carbocycles. The van der Waals surface area contributed by atoms with Crippen molar-refractivity contribution in [3.05, 3.63) is 5.92 Å². The van der Waals surface area contributed by atoms with Crippen LogP contribution in [0.2, 0.25) is 0 Å². The van der Waals surface area contributed by atoms with Crippen LogP contribution in [0.4, 0.5) is 0 Å². The van der Waals surface area contributed by atoms with Gasteiger partial charge in [-0.3, -0.25) is 0 Å². The fourth-order valence-electron chi connectivity index (χ4n) is 24.4. The van der Waals surface area contributed by atoms with E-state index in [1.54, 1.807) is 0 Å². The Morgan fingerprint density at radius 2 is 0.755 bits per heavy atom. The van der Waals surface area contributed by atoms with Gasteiger partial charge >= 0.3 is 0 Å². The zero-order chi connectivity index (χ0) is 75.0. The highest BCUT2D eigenvalue weighted by Gasteiger charge is 2.72. The summed E-state index contributed by atoms with van der Waals surface area (Å²) in [5, 5.41) is 0. The van der Waals surface area contributed by atoms with Crippen molar-refractivity contribution in [2.45, 2.75) is 504 Å². The van der Waals surface area contributed by atoms with E-state index in [1.165, 1.54) is 289 Å². The fourth-order valence-corrected chi connectivity index (χ4v) is 24.4. The number of hydrogen-bond acceptors (Lipinski definition) is 0. The molecule has 0 saturated heterocycles. The molecule has 0 aromatic carbocycles. The topological polar surface area (TPSA) is 0 Å². The Bertz CT molecular complexity index is 1840. The maximum atomic E-state index is 3.16. The highest BCUT2D eigenvalue weighted by atomic mass is 14.8. The van der Waals surface area contributed by atoms with Crippen LogP contribution in [-0.2, 0) is 0 Å². The molecular weight excluding hydrogens is 1180 g/mol. The summed E-state index contributed by atoms with van der Waals surface area (Å²) in [7, 11) is 0. The van der Waals surface area contributed by atoms with Gasteiger partial charge in [0, 0.05) is 0 Å². The van der Waals surface area contributed by atoms with E-state index in [0.717, 1.165) is 47.3 Å². The Morgan fingerprint density at radius 3 is 1.15 bits per heavy atom. The first-order valence-corrected chi connectivity index (χ1v) is 46.0. The fraction of sp³-hybridized carbons (Fsp3) is 0.990. The first-order valence-electron chi connectivity index (χ1n) is 46.0. The zero-order valence-electron chi connectivity index (χ0n) is 74.9. The van der Waals surface area contributed by atoms with Crippen molar-refractivity contribution in [2.24, 2.45) is 121 Å². The first kappa shape index (κ1) is 98.0. The van der Waals surface area contributed by atoms with Gasteiger partial charge in [0.05, 0.1) is 0 Å². The van der Waals surface area contributed by atoms with E-state index >= 15 is 0 Å². The van der Waals surface area contributed by atoms with Gasteiger partial charge in [0.25, 0.3) is 0 Å². The molecular formula is C98H197. The first-order chi connectivity index (χ1) is 46.2. The average molecular weight is 1380 g/mol. The van der Waals surface area contributed by atoms with Crippen LogP contribution < -0.4 is 0 Å². The van der Waals surface area contributed by atoms with E-state index in [1.807, 2.05) is 5.92 Å². The van der Waals surface area contributed by atoms with Crippen LogP contribution in [0.5, 0.6) is 0 Å². The molecule has 0 rings (SSSR count). The highest BCUT2D eigenvalue weighted by molar-refractivity contribution is 5.26. The predicted octanol–water partition coefficient (Wildman–Crippen LogP) is 35.3. The summed E-state index contributed by atoms with van der Waals surface area (Å²) in [5.74, 6) is 11.9. The third kappa shape index (κ3) is 29.3. The summed E-state index contributed by atoms with van der Waals surface area (Å²) in [6.07, 6.45) is 62.0. The van der Waals surface area contributed by atoms with Crippen LogP contribution in [-0.4, -0.2) is 0 Å². The number of rotatable bonds is 65. The summed E-state index contributed by atoms with van der Waals surface area (Å²) < 4.78 is 0. The lowest BCUT2D eigenvalue weighted by atomic mass is 9.29. The second-order valence-corrected chi connectivity index (χ2v) is 39.5. The molecule has 98 heavy (non-hydrogen) atoms. The lowest BCUT2D eigenvalue weighted by Crippen LogP contribution is -2.69. The second-order valence-electron chi connectivity index (χ2n) is 39.5. The van der Waals surface area contributed by atoms with Gasteiger partial charge in [0.15, 0.2) is 0 Å². The molecule has 0 bridgehead atoms. The van der Waals surface area contributed by atoms with Crippen LogP contribution in [0.1, 0.15) is 504 Å². The van der Waals surface area contributed by atoms with Crippen molar-refractivity contribution in [1.82, 2.24) is 0 Å². The molecule has 0 spiro atoms. The van der Waals surface area contributed by atoms with Gasteiger partial charge in [-0.25, -0.2) is 0 Å². The standard InChI is InChI=1S/C98H197/c1-32-46-50-63-86(57-37-6)73-95(71-80(19)70-92(25,26)27,85(24)90(45-14)61-41-10)68-55-54-67-91(62-42-11)97(84(23)83(22)81(20)44-13,75-88(59-39-8)65-52-48-34-3)98(77(15)16,76-89(60-40-9)66-53-49-35-4)94(30,31)96(72-79(18)69-78(17)43-12,93(28,29)82(21)56-36-5)74-87(58-38-7)64-51-47-33-2/h78-91H,32-76H2,1-31H3. The van der Waals surface area contributed by atoms with Crippen LogP contribution in [0, 0.1) is 127 Å². The summed E-state index contributed by atoms with van der Waals surface area (Å²) in [6.45, 7) is 83.8. The third-order valence-corrected chi connectivity index (χ3v) is 30.1. The molecule has 0 heterocycles. The lowest BCUT2D eigenvalue weighted by molar-refractivity contribution is -0.249. The van der Waals surface area contributed by atoms with Crippen LogP contribution >= 0.6 is 0 Å². The minimum atomic E-state index is -0.0224. The van der Waals surface area contributed by atoms with Gasteiger partial charge in [-0.1, -0.05) is 439 Å². The molecule has 0 heteroatoms. The monoisotopic (exact) mass is 1370 g/mol. The van der Waals surface area contributed by atoms with Crippen molar-refractivity contribution in [1.29, 1.82) is 0 Å². The van der Waals surface area contributed by atoms with Gasteiger partial charge in [-0.2, -0.15) is 0 Å². The molecule has 1 radical (unpaired) electrons. The molecule has 0 amide bonds. The van der Waals surface area contributed by atoms with Crippen LogP contribution in [0.25, 0.3) is 0 Å². The van der Waals surface area contributed by atoms with Crippen molar-refractivity contribution in [2.75, 3.05) is 0 Å². The van der Waals surface area contributed by atoms with Crippen LogP contribution in [0.15, 0.2) is 0 Å². The molecule has 0 fully saturated rings. The van der Waals surface area contributed by atoms with Gasteiger partial charge in [0.1, 0.15) is 0 Å². The van der Waals surface area contributed by atoms with Gasteiger partial charge in [-0.15, -0.1) is 0 Å². The lowest BCUT2D eigenvalue weighted by Gasteiger charge is -2.75. The van der Waals surface area contributed by atoms with Gasteiger partial charge in [0.2, 0.25) is 0 Å². The van der Waals surface area contributed by atoms with Crippen molar-refractivity contribution in [3.63, 3.8) is 0 Å². The van der Waals surface area contributed by atoms with Crippen molar-refractivity contribution >= 4 is 0 Å². The molecule has 0 nitrogen and oxygen atoms in total. The van der Waals surface area contributed by atoms with Gasteiger partial charge in [-0.05, 0) is 191 Å². The van der Waals surface area contributed by atoms with E-state index in [9.17, 15) is 0 Å². The maximum absolute atomic E-state index is 3.16. The normalized spacial score (nSPS) is 19.8. The van der Waals surface area contributed by atoms with Gasteiger partial charge < -0.3 is 0 Å². The quantitative estimate of drug-likeness (QED) is 0.0533. The molecule has 0 N–H and O–H groups in total. The maximum Gasteiger partial charge on any atom is -0.0120 e. The molecule has 0 aliphatic rings. The Kier molecular flexibility index (Phi) is 51.3. The minimum Gasteiger partial charge on any atom is -0.0654 e. The Balaban J connectivity index is 10.9. The zero-order valence-corrected chi connectivity index (χ0v) is 74.9. The Labute approximate surface area is 626 Å². The molecule has 18 unspecified atom stereocenters. The molecule has 589 valence electrons. The van der Waals surface area contributed by atoms with E-state index in [4.69, 9.17) is 0 Å². The van der Waals surface area contributed by atoms with E-state index in [2.05, 4.69) is 215 Å². The van der Waals surface area contributed by atoms with Crippen molar-refractivity contribution < 1.29 is 0 Å². The second kappa shape index (κ2) is 51.3. The Morgan fingerprint density at radius 1 is 0.327 bits per heavy atom. The molecule has 0 saturated carbocycles. The summed E-state index contributed by atoms with van der Waals surface area (Å²) in [6, 6.07) is 0. The molecule has 18 atom stereocenters. The summed E-state index contributed by atoms with van der Waals surface area (Å²) in [4.78, 5) is 0. The van der Waals surface area contributed by atoms with E-state index in [0.29, 0.717) is 46.3 Å². The average Bonchev–Trinajstić information content (AvgIpc) is 0.673. The van der Waals surface area contributed by atoms with E-state index in [-0.39, 0.29) is 27.1 Å². The largest absolute Gasteiger partial charge is 0.0654 e. The van der Waals surface area contributed by atoms with E-state index < -0.39 is 0 Å². The molecule has 0 aliphatic heterocycles. The number of unbranched alkanes of at least 4 members (excludes halogenated alkanes) is 9. The Hall–Kier alpha value is 0. The highest BCUT2D eigenvalue weighted by Crippen LogP contribution is 2.79. The molecule has 0 aromatic heterocycles. The summed E-state index contributed by atoms with van der Waals surface area (Å²) in [5.41, 5.74) is 0.988. The predicted molar refractivity (Wildman–Crippen MR) is 453 cm³/mol. The minimum absolute atomic E-state index is 0.00965.